The molecule has 0 saturated carbocycles. The minimum atomic E-state index is -0.0708. The summed E-state index contributed by atoms with van der Waals surface area (Å²) in [5, 5.41) is 2.96. The third-order valence-corrected chi connectivity index (χ3v) is 3.58. The summed E-state index contributed by atoms with van der Waals surface area (Å²) in [6.45, 7) is 3.55. The quantitative estimate of drug-likeness (QED) is 0.786. The van der Waals surface area contributed by atoms with E-state index in [1.165, 1.54) is 21.6 Å². The molecule has 2 aromatic carbocycles. The van der Waals surface area contributed by atoms with E-state index in [-0.39, 0.29) is 5.91 Å². The first kappa shape index (κ1) is 17.0. The molecule has 0 saturated heterocycles. The van der Waals surface area contributed by atoms with Gasteiger partial charge in [-0.2, -0.15) is 0 Å². The van der Waals surface area contributed by atoms with Gasteiger partial charge in [0.15, 0.2) is 0 Å². The highest BCUT2D eigenvalue weighted by Gasteiger charge is 2.05. The first-order valence-corrected chi connectivity index (χ1v) is 7.93. The van der Waals surface area contributed by atoms with Gasteiger partial charge in [-0.1, -0.05) is 54.1 Å². The van der Waals surface area contributed by atoms with Crippen LogP contribution in [0.1, 0.15) is 22.3 Å². The normalized spacial score (nSPS) is 11.1. The number of hydrogen-bond donors (Lipinski definition) is 2. The Morgan fingerprint density at radius 3 is 2.52 bits per heavy atom. The summed E-state index contributed by atoms with van der Waals surface area (Å²) in [5.74, 6) is -0.0708. The first-order valence-electron chi connectivity index (χ1n) is 7.93. The highest BCUT2D eigenvalue weighted by Crippen LogP contribution is 2.08. The number of nitrogens with one attached hydrogen (secondary N) is 2. The van der Waals surface area contributed by atoms with Crippen LogP contribution < -0.4 is 10.2 Å². The average Bonchev–Trinajstić information content (AvgIpc) is 2.51. The van der Waals surface area contributed by atoms with Crippen molar-refractivity contribution < 1.29 is 9.69 Å². The van der Waals surface area contributed by atoms with E-state index in [0.29, 0.717) is 6.54 Å². The van der Waals surface area contributed by atoms with Crippen molar-refractivity contribution in [2.75, 3.05) is 14.1 Å². The Hall–Kier alpha value is -2.39. The summed E-state index contributed by atoms with van der Waals surface area (Å²) in [5.41, 5.74) is 4.67. The average molecular weight is 309 g/mol. The number of amides is 1. The number of carbonyl (C=O) groups excluding carboxylic acids is 1. The van der Waals surface area contributed by atoms with Crippen LogP contribution >= 0.6 is 0 Å². The van der Waals surface area contributed by atoms with Crippen LogP contribution in [0.15, 0.2) is 54.6 Å². The van der Waals surface area contributed by atoms with Gasteiger partial charge in [0.1, 0.15) is 6.54 Å². The van der Waals surface area contributed by atoms with Crippen LogP contribution in [0.3, 0.4) is 0 Å². The fourth-order valence-electron chi connectivity index (χ4n) is 2.47. The van der Waals surface area contributed by atoms with Gasteiger partial charge in [-0.25, -0.2) is 0 Å². The highest BCUT2D eigenvalue weighted by atomic mass is 16.1. The molecule has 23 heavy (non-hydrogen) atoms. The maximum atomic E-state index is 12.0. The van der Waals surface area contributed by atoms with Crippen molar-refractivity contribution in [3.8, 4) is 0 Å². The van der Waals surface area contributed by atoms with Crippen LogP contribution in [0, 0.1) is 6.92 Å². The van der Waals surface area contributed by atoms with Crippen LogP contribution in [0.5, 0.6) is 0 Å². The Morgan fingerprint density at radius 1 is 1.09 bits per heavy atom. The van der Waals surface area contributed by atoms with Gasteiger partial charge in [0.2, 0.25) is 5.91 Å². The van der Waals surface area contributed by atoms with E-state index in [1.807, 2.05) is 43.3 Å². The van der Waals surface area contributed by atoms with Crippen molar-refractivity contribution in [3.63, 3.8) is 0 Å². The van der Waals surface area contributed by atoms with Crippen LogP contribution in [0.2, 0.25) is 0 Å². The monoisotopic (exact) mass is 309 g/mol. The van der Waals surface area contributed by atoms with Gasteiger partial charge in [0.05, 0.1) is 14.1 Å². The fourth-order valence-corrected chi connectivity index (χ4v) is 2.47. The van der Waals surface area contributed by atoms with Gasteiger partial charge in [-0.05, 0) is 24.1 Å². The molecule has 0 atom stereocenters. The molecule has 0 heterocycles. The highest BCUT2D eigenvalue weighted by molar-refractivity contribution is 5.91. The van der Waals surface area contributed by atoms with Crippen LogP contribution in [0.4, 0.5) is 0 Å². The van der Waals surface area contributed by atoms with E-state index in [1.54, 1.807) is 6.08 Å². The first-order chi connectivity index (χ1) is 11.0. The molecule has 0 aliphatic carbocycles. The molecule has 0 radical (unpaired) electrons. The summed E-state index contributed by atoms with van der Waals surface area (Å²) >= 11 is 0. The van der Waals surface area contributed by atoms with Gasteiger partial charge >= 0.3 is 0 Å². The summed E-state index contributed by atoms with van der Waals surface area (Å²) in [4.78, 5) is 13.4. The van der Waals surface area contributed by atoms with Gasteiger partial charge in [-0.15, -0.1) is 0 Å². The van der Waals surface area contributed by atoms with E-state index < -0.39 is 0 Å². The van der Waals surface area contributed by atoms with Crippen molar-refractivity contribution in [1.29, 1.82) is 0 Å². The van der Waals surface area contributed by atoms with Crippen molar-refractivity contribution >= 4 is 12.0 Å². The summed E-state index contributed by atoms with van der Waals surface area (Å²) in [6, 6.07) is 16.3. The predicted molar refractivity (Wildman–Crippen MR) is 95.0 cm³/mol. The summed E-state index contributed by atoms with van der Waals surface area (Å²) in [7, 11) is 4.25. The molecule has 0 aliphatic heterocycles. The zero-order valence-corrected chi connectivity index (χ0v) is 14.1. The number of carbonyl (C=O) groups is 1. The molecule has 0 aliphatic rings. The second kappa shape index (κ2) is 8.30. The maximum Gasteiger partial charge on any atom is 0.244 e. The molecular weight excluding hydrogens is 284 g/mol. The number of aryl methyl sites for hydroxylation is 1. The zero-order valence-electron chi connectivity index (χ0n) is 14.1. The molecule has 3 nitrogen and oxygen atoms in total. The molecule has 0 aromatic heterocycles. The lowest BCUT2D eigenvalue weighted by molar-refractivity contribution is -0.872. The zero-order chi connectivity index (χ0) is 16.7. The standard InChI is InChI=1S/C20H24N2O/c1-16-7-6-8-17(13-16)11-12-20(23)21-14-18-9-4-5-10-19(18)15-22(2)3/h4-13H,14-15H2,1-3H3,(H,21,23)/p+1/b12-11+. The lowest BCUT2D eigenvalue weighted by Crippen LogP contribution is -3.04. The molecule has 2 rings (SSSR count). The Balaban J connectivity index is 1.94. The van der Waals surface area contributed by atoms with Gasteiger partial charge in [-0.3, -0.25) is 4.79 Å². The van der Waals surface area contributed by atoms with E-state index in [2.05, 4.69) is 37.6 Å². The number of hydrogen-bond acceptors (Lipinski definition) is 1. The van der Waals surface area contributed by atoms with Crippen molar-refractivity contribution in [2.24, 2.45) is 0 Å². The van der Waals surface area contributed by atoms with Crippen molar-refractivity contribution in [3.05, 3.63) is 76.9 Å². The Kier molecular flexibility index (Phi) is 6.12. The van der Waals surface area contributed by atoms with Crippen LogP contribution in [-0.2, 0) is 17.9 Å². The molecule has 0 bridgehead atoms. The second-order valence-electron chi connectivity index (χ2n) is 6.12. The smallest absolute Gasteiger partial charge is 0.244 e. The van der Waals surface area contributed by atoms with E-state index in [4.69, 9.17) is 0 Å². The lowest BCUT2D eigenvalue weighted by atomic mass is 10.1. The van der Waals surface area contributed by atoms with Crippen molar-refractivity contribution in [1.82, 2.24) is 5.32 Å². The molecule has 120 valence electrons. The van der Waals surface area contributed by atoms with E-state index in [0.717, 1.165) is 12.1 Å². The van der Waals surface area contributed by atoms with Crippen LogP contribution in [0.25, 0.3) is 6.08 Å². The second-order valence-corrected chi connectivity index (χ2v) is 6.12. The van der Waals surface area contributed by atoms with E-state index in [9.17, 15) is 4.79 Å². The topological polar surface area (TPSA) is 33.5 Å². The van der Waals surface area contributed by atoms with Crippen LogP contribution in [-0.4, -0.2) is 20.0 Å². The predicted octanol–water partition coefficient (Wildman–Crippen LogP) is 1.97. The molecule has 0 unspecified atom stereocenters. The molecule has 1 amide bonds. The minimum absolute atomic E-state index is 0.0708. The third-order valence-electron chi connectivity index (χ3n) is 3.58. The molecular formula is C20H25N2O+. The minimum Gasteiger partial charge on any atom is -0.348 e. The number of rotatable bonds is 6. The summed E-state index contributed by atoms with van der Waals surface area (Å²) in [6.07, 6.45) is 3.44. The fraction of sp³-hybridized carbons (Fsp3) is 0.250. The maximum absolute atomic E-state index is 12.0. The summed E-state index contributed by atoms with van der Waals surface area (Å²) < 4.78 is 0. The lowest BCUT2D eigenvalue weighted by Gasteiger charge is -2.12. The van der Waals surface area contributed by atoms with Gasteiger partial charge in [0, 0.05) is 18.2 Å². The van der Waals surface area contributed by atoms with Gasteiger partial charge in [0.25, 0.3) is 0 Å². The molecule has 2 aromatic rings. The Labute approximate surface area is 138 Å². The van der Waals surface area contributed by atoms with Gasteiger partial charge < -0.3 is 10.2 Å². The third kappa shape index (κ3) is 5.72. The molecule has 3 heteroatoms. The molecule has 0 fully saturated rings. The Bertz CT molecular complexity index is 690. The van der Waals surface area contributed by atoms with Crippen molar-refractivity contribution in [2.45, 2.75) is 20.0 Å². The number of benzene rings is 2. The molecule has 2 N–H and O–H groups in total. The SMILES string of the molecule is Cc1cccc(/C=C/C(=O)NCc2ccccc2C[NH+](C)C)c1. The number of quaternary nitrogens is 1. The Morgan fingerprint density at radius 2 is 1.83 bits per heavy atom. The van der Waals surface area contributed by atoms with E-state index >= 15 is 0 Å². The largest absolute Gasteiger partial charge is 0.348 e. The molecule has 0 spiro atoms.